The van der Waals surface area contributed by atoms with Crippen LogP contribution in [0.25, 0.3) is 16.6 Å². The van der Waals surface area contributed by atoms with Gasteiger partial charge >= 0.3 is 0 Å². The minimum absolute atomic E-state index is 0.103. The number of amides is 2. The van der Waals surface area contributed by atoms with Crippen LogP contribution in [-0.2, 0) is 19.7 Å². The number of piperidine rings is 3. The fraction of sp³-hybridized carbons (Fsp3) is 0.488. The Hall–Kier alpha value is -4.00. The van der Waals surface area contributed by atoms with Crippen molar-refractivity contribution in [2.24, 2.45) is 5.92 Å². The molecule has 12 heteroatoms. The largest absolute Gasteiger partial charge is 0.375 e. The molecule has 0 bridgehead atoms. The maximum atomic E-state index is 15.2. The number of ether oxygens (including phenoxy) is 1. The zero-order chi connectivity index (χ0) is 38.2. The number of hydrogen-bond acceptors (Lipinski definition) is 7. The number of carbonyl (C=O) groups excluding carboxylic acids is 2. The van der Waals surface area contributed by atoms with Gasteiger partial charge in [0, 0.05) is 42.6 Å². The van der Waals surface area contributed by atoms with Crippen LogP contribution in [0.15, 0.2) is 57.8 Å². The Bertz CT molecular complexity index is 2230. The average Bonchev–Trinajstić information content (AvgIpc) is 3.39. The first-order valence-corrected chi connectivity index (χ1v) is 20.5. The summed E-state index contributed by atoms with van der Waals surface area (Å²) in [6.45, 7) is 9.35. The Balaban J connectivity index is 0.796. The average molecular weight is 815 g/mol. The number of anilines is 2. The van der Waals surface area contributed by atoms with E-state index in [2.05, 4.69) is 62.4 Å². The first kappa shape index (κ1) is 36.6. The molecule has 4 aromatic rings. The summed E-state index contributed by atoms with van der Waals surface area (Å²) < 4.78 is 40.0. The number of fused-ring (bicyclic) bond motifs is 5. The van der Waals surface area contributed by atoms with Crippen LogP contribution in [0.4, 0.5) is 20.2 Å². The van der Waals surface area contributed by atoms with Crippen LogP contribution in [0.2, 0.25) is 0 Å². The van der Waals surface area contributed by atoms with Gasteiger partial charge in [0.1, 0.15) is 11.5 Å². The zero-order valence-electron chi connectivity index (χ0n) is 31.4. The summed E-state index contributed by atoms with van der Waals surface area (Å²) in [7, 11) is 0. The number of carbonyl (C=O) groups is 2. The van der Waals surface area contributed by atoms with Gasteiger partial charge in [-0.2, -0.15) is 4.98 Å². The molecule has 55 heavy (non-hydrogen) atoms. The van der Waals surface area contributed by atoms with Crippen molar-refractivity contribution in [3.8, 4) is 5.69 Å². The summed E-state index contributed by atoms with van der Waals surface area (Å²) in [6, 6.07) is 15.2. The Kier molecular flexibility index (Phi) is 9.24. The van der Waals surface area contributed by atoms with E-state index in [1.54, 1.807) is 0 Å². The van der Waals surface area contributed by atoms with Gasteiger partial charge < -0.3 is 14.5 Å². The molecule has 6 heterocycles. The van der Waals surface area contributed by atoms with Crippen LogP contribution in [-0.4, -0.2) is 71.2 Å². The fourth-order valence-electron chi connectivity index (χ4n) is 9.92. The van der Waals surface area contributed by atoms with Crippen LogP contribution in [0, 0.1) is 17.6 Å². The molecule has 1 atom stereocenters. The van der Waals surface area contributed by atoms with Gasteiger partial charge in [0.2, 0.25) is 11.8 Å². The van der Waals surface area contributed by atoms with Crippen molar-refractivity contribution < 1.29 is 23.1 Å². The van der Waals surface area contributed by atoms with E-state index < -0.39 is 29.1 Å². The molecule has 0 radical (unpaired) electrons. The highest BCUT2D eigenvalue weighted by Gasteiger charge is 2.42. The summed E-state index contributed by atoms with van der Waals surface area (Å²) in [5, 5.41) is 0.611. The van der Waals surface area contributed by atoms with Gasteiger partial charge in [0.15, 0.2) is 11.6 Å². The molecule has 1 spiro atoms. The normalized spacial score (nSPS) is 22.7. The Morgan fingerprint density at radius 2 is 1.60 bits per heavy atom. The molecule has 3 aromatic carbocycles. The molecule has 9 rings (SSSR count). The van der Waals surface area contributed by atoms with Crippen molar-refractivity contribution in [2.45, 2.75) is 88.6 Å². The third kappa shape index (κ3) is 6.32. The number of likely N-dealkylation sites (tertiary alicyclic amines) is 1. The third-order valence-corrected chi connectivity index (χ3v) is 13.8. The predicted molar refractivity (Wildman–Crippen MR) is 211 cm³/mol. The maximum Gasteiger partial charge on any atom is 0.281 e. The van der Waals surface area contributed by atoms with Crippen molar-refractivity contribution in [2.75, 3.05) is 49.1 Å². The summed E-state index contributed by atoms with van der Waals surface area (Å²) in [5.41, 5.74) is 3.60. The van der Waals surface area contributed by atoms with Gasteiger partial charge in [-0.3, -0.25) is 19.0 Å². The van der Waals surface area contributed by atoms with Gasteiger partial charge in [0.05, 0.1) is 34.2 Å². The Labute approximate surface area is 327 Å². The fourth-order valence-corrected chi connectivity index (χ4v) is 10.4. The molecule has 0 aliphatic carbocycles. The van der Waals surface area contributed by atoms with Crippen molar-refractivity contribution in [1.29, 1.82) is 0 Å². The lowest BCUT2D eigenvalue weighted by Gasteiger charge is -2.47. The van der Waals surface area contributed by atoms with Crippen LogP contribution in [0.5, 0.6) is 0 Å². The Morgan fingerprint density at radius 3 is 2.27 bits per heavy atom. The molecular formula is C43H46BrF2N5O4. The molecule has 5 aliphatic heterocycles. The lowest BCUT2D eigenvalue weighted by molar-refractivity contribution is -0.129. The van der Waals surface area contributed by atoms with E-state index in [4.69, 9.17) is 4.74 Å². The second-order valence-electron chi connectivity index (χ2n) is 16.8. The SMILES string of the molecule is CC1(C)c2ccc(C3CCN(CC4CCC5(CCN(c6cc(F)c(N7C(=O)CCCC7=O)c(F)c6)CC5)OC4)CC3)cc2-n2c1nc(=O)c1c(Br)cccc12. The number of aromatic nitrogens is 2. The number of halogens is 3. The monoisotopic (exact) mass is 813 g/mol. The van der Waals surface area contributed by atoms with E-state index in [1.165, 1.54) is 23.3 Å². The molecule has 1 aromatic heterocycles. The molecule has 5 aliphatic rings. The third-order valence-electron chi connectivity index (χ3n) is 13.1. The van der Waals surface area contributed by atoms with E-state index in [9.17, 15) is 14.4 Å². The molecule has 9 nitrogen and oxygen atoms in total. The smallest absolute Gasteiger partial charge is 0.281 e. The van der Waals surface area contributed by atoms with Crippen LogP contribution in [0.3, 0.4) is 0 Å². The minimum atomic E-state index is -0.888. The molecule has 1 unspecified atom stereocenters. The van der Waals surface area contributed by atoms with Crippen molar-refractivity contribution in [3.63, 3.8) is 0 Å². The molecule has 0 N–H and O–H groups in total. The highest BCUT2D eigenvalue weighted by molar-refractivity contribution is 9.10. The standard InChI is InChI=1S/C43H46BrF2N5O4/c1-42(2)30-10-9-28(21-35(30)50-34-6-3-5-31(44)38(34)40(54)47-41(42)50)27-12-17-48(18-13-27)24-26-11-14-43(55-25-26)15-19-49(20-16-43)29-22-32(45)39(33(46)23-29)51-36(52)7-4-8-37(51)53/h3,5-6,9-10,21-23,26-27H,4,7-8,11-20,24-25H2,1-2H3. The van der Waals surface area contributed by atoms with E-state index in [0.717, 1.165) is 86.3 Å². The summed E-state index contributed by atoms with van der Waals surface area (Å²) in [5.74, 6) is -1.18. The molecule has 0 saturated carbocycles. The molecule has 288 valence electrons. The van der Waals surface area contributed by atoms with E-state index >= 15 is 8.78 Å². The number of benzene rings is 3. The first-order chi connectivity index (χ1) is 26.4. The molecule has 2 amide bonds. The van der Waals surface area contributed by atoms with Crippen LogP contribution >= 0.6 is 15.9 Å². The van der Waals surface area contributed by atoms with E-state index in [-0.39, 0.29) is 29.4 Å². The zero-order valence-corrected chi connectivity index (χ0v) is 33.0. The van der Waals surface area contributed by atoms with Crippen molar-refractivity contribution in [3.05, 3.63) is 91.9 Å². The van der Waals surface area contributed by atoms with Gasteiger partial charge in [-0.05, 0) is 141 Å². The minimum Gasteiger partial charge on any atom is -0.375 e. The molecular weight excluding hydrogens is 768 g/mol. The predicted octanol–water partition coefficient (Wildman–Crippen LogP) is 7.75. The van der Waals surface area contributed by atoms with Crippen molar-refractivity contribution in [1.82, 2.24) is 14.5 Å². The Morgan fingerprint density at radius 1 is 0.891 bits per heavy atom. The quantitative estimate of drug-likeness (QED) is 0.191. The summed E-state index contributed by atoms with van der Waals surface area (Å²) >= 11 is 3.59. The maximum absolute atomic E-state index is 15.2. The second kappa shape index (κ2) is 13.9. The first-order valence-electron chi connectivity index (χ1n) is 19.8. The lowest BCUT2D eigenvalue weighted by atomic mass is 9.81. The summed E-state index contributed by atoms with van der Waals surface area (Å²) in [6.07, 6.45) is 6.41. The molecule has 4 fully saturated rings. The molecule has 4 saturated heterocycles. The topological polar surface area (TPSA) is 88.0 Å². The number of rotatable bonds is 5. The highest BCUT2D eigenvalue weighted by atomic mass is 79.9. The highest BCUT2D eigenvalue weighted by Crippen LogP contribution is 2.45. The number of hydrogen-bond donors (Lipinski definition) is 0. The number of nitrogens with zero attached hydrogens (tertiary/aromatic N) is 5. The van der Waals surface area contributed by atoms with Gasteiger partial charge in [-0.1, -0.05) is 18.2 Å². The lowest BCUT2D eigenvalue weighted by Crippen LogP contribution is -2.50. The van der Waals surface area contributed by atoms with E-state index in [1.807, 2.05) is 23.1 Å². The van der Waals surface area contributed by atoms with Crippen molar-refractivity contribution >= 4 is 50.0 Å². The second-order valence-corrected chi connectivity index (χ2v) is 17.7. The van der Waals surface area contributed by atoms with Gasteiger partial charge in [-0.25, -0.2) is 13.7 Å². The van der Waals surface area contributed by atoms with Gasteiger partial charge in [0.25, 0.3) is 5.56 Å². The van der Waals surface area contributed by atoms with E-state index in [0.29, 0.717) is 47.3 Å². The van der Waals surface area contributed by atoms with Crippen LogP contribution < -0.4 is 15.4 Å². The summed E-state index contributed by atoms with van der Waals surface area (Å²) in [4.78, 5) is 47.6. The van der Waals surface area contributed by atoms with Gasteiger partial charge in [-0.15, -0.1) is 0 Å². The van der Waals surface area contributed by atoms with Crippen LogP contribution in [0.1, 0.15) is 94.5 Å². The number of imide groups is 1.